The third kappa shape index (κ3) is 6.73. The number of likely N-dealkylation sites (N-methyl/N-ethyl adjacent to an activating group) is 1. The molecule has 0 saturated heterocycles. The van der Waals surface area contributed by atoms with Gasteiger partial charge in [-0.3, -0.25) is 0 Å². The van der Waals surface area contributed by atoms with E-state index >= 15 is 0 Å². The van der Waals surface area contributed by atoms with E-state index in [1.54, 1.807) is 24.1 Å². The monoisotopic (exact) mass is 418 g/mol. The number of hydrogen-bond donors (Lipinski definition) is 3. The molecule has 2 aromatic rings. The van der Waals surface area contributed by atoms with E-state index in [0.717, 1.165) is 37.5 Å². The molecule has 6 nitrogen and oxygen atoms in total. The van der Waals surface area contributed by atoms with E-state index in [2.05, 4.69) is 22.2 Å². The average Bonchev–Trinajstić information content (AvgIpc) is 2.68. The summed E-state index contributed by atoms with van der Waals surface area (Å²) in [6, 6.07) is 6.55. The van der Waals surface area contributed by atoms with Crippen molar-refractivity contribution in [3.63, 3.8) is 0 Å². The molecule has 4 N–H and O–H groups in total. The molecule has 0 spiro atoms. The summed E-state index contributed by atoms with van der Waals surface area (Å²) >= 11 is 0. The number of hydrogen-bond acceptors (Lipinski definition) is 6. The van der Waals surface area contributed by atoms with Gasteiger partial charge in [0.15, 0.2) is 0 Å². The fraction of sp³-hybridized carbons (Fsp3) is 0.500. The van der Waals surface area contributed by atoms with Crippen LogP contribution in [0, 0.1) is 12.3 Å². The van der Waals surface area contributed by atoms with Crippen LogP contribution in [0.1, 0.15) is 49.3 Å². The smallest absolute Gasteiger partial charge is 0.285 e. The third-order valence-electron chi connectivity index (χ3n) is 5.07. The van der Waals surface area contributed by atoms with Gasteiger partial charge in [-0.1, -0.05) is 43.2 Å². The predicted octanol–water partition coefficient (Wildman–Crippen LogP) is 4.45. The summed E-state index contributed by atoms with van der Waals surface area (Å²) in [4.78, 5) is 9.79. The van der Waals surface area contributed by atoms with Gasteiger partial charge in [0, 0.05) is 17.8 Å². The van der Waals surface area contributed by atoms with Crippen molar-refractivity contribution in [2.45, 2.75) is 51.5 Å². The summed E-state index contributed by atoms with van der Waals surface area (Å²) in [5, 5.41) is 10.9. The van der Waals surface area contributed by atoms with E-state index in [-0.39, 0.29) is 24.0 Å². The highest BCUT2D eigenvalue weighted by molar-refractivity contribution is 5.89. The Morgan fingerprint density at radius 3 is 2.57 bits per heavy atom. The van der Waals surface area contributed by atoms with Crippen molar-refractivity contribution in [1.82, 2.24) is 14.9 Å². The summed E-state index contributed by atoms with van der Waals surface area (Å²) < 4.78 is 29.1. The number of alkyl halides is 2. The zero-order valence-electron chi connectivity index (χ0n) is 18.0. The van der Waals surface area contributed by atoms with Crippen LogP contribution in [0.3, 0.4) is 0 Å². The molecule has 1 aromatic carbocycles. The van der Waals surface area contributed by atoms with Crippen molar-refractivity contribution >= 4 is 17.9 Å². The minimum absolute atomic E-state index is 0.0472. The first-order chi connectivity index (χ1) is 14.3. The number of rotatable bonds is 12. The van der Waals surface area contributed by atoms with Gasteiger partial charge in [-0.15, -0.1) is 0 Å². The number of halogens is 2. The maximum Gasteiger partial charge on any atom is 0.285 e. The van der Waals surface area contributed by atoms with Crippen LogP contribution in [0.2, 0.25) is 0 Å². The molecule has 2 rings (SSSR count). The van der Waals surface area contributed by atoms with Crippen molar-refractivity contribution in [3.8, 4) is 0 Å². The normalized spacial score (nSPS) is 12.7. The van der Waals surface area contributed by atoms with Crippen LogP contribution >= 0.6 is 0 Å². The highest BCUT2D eigenvalue weighted by Gasteiger charge is 2.32. The van der Waals surface area contributed by atoms with Gasteiger partial charge in [-0.05, 0) is 39.8 Å². The molecule has 0 saturated carbocycles. The second kappa shape index (κ2) is 11.0. The van der Waals surface area contributed by atoms with E-state index in [1.165, 1.54) is 18.5 Å². The lowest BCUT2D eigenvalue weighted by Crippen LogP contribution is -2.34. The molecule has 1 aromatic heterocycles. The molecule has 1 heterocycles. The minimum atomic E-state index is -2.89. The minimum Gasteiger partial charge on any atom is -0.383 e. The predicted molar refractivity (Wildman–Crippen MR) is 118 cm³/mol. The first-order valence-electron chi connectivity index (χ1n) is 10.3. The Morgan fingerprint density at radius 1 is 1.23 bits per heavy atom. The maximum absolute atomic E-state index is 14.6. The third-order valence-corrected chi connectivity index (χ3v) is 5.07. The van der Waals surface area contributed by atoms with E-state index in [1.807, 2.05) is 6.92 Å². The molecule has 164 valence electrons. The second-order valence-electron chi connectivity index (χ2n) is 7.75. The van der Waals surface area contributed by atoms with Gasteiger partial charge < -0.3 is 21.4 Å². The van der Waals surface area contributed by atoms with Crippen LogP contribution in [0.15, 0.2) is 30.6 Å². The van der Waals surface area contributed by atoms with Gasteiger partial charge in [-0.2, -0.15) is 8.78 Å². The molecular weight excluding hydrogens is 386 g/mol. The number of aromatic nitrogens is 2. The first kappa shape index (κ1) is 23.7. The maximum atomic E-state index is 14.6. The number of benzene rings is 1. The number of nitrogens with one attached hydrogen (secondary N) is 2. The summed E-state index contributed by atoms with van der Waals surface area (Å²) in [5.74, 6) is -2.09. The van der Waals surface area contributed by atoms with Crippen LogP contribution in [0.25, 0.3) is 0 Å². The Balaban J connectivity index is 1.90. The standard InChI is InChI=1S/C22H32F2N6/c1-4-6-18(29-21-19(13-25)20(26)27-15-28-21)7-5-12-30(3)14-22(23,24)17-10-8-16(2)9-11-17/h8-11,13,15,18,25H,4-7,12,14H2,1-3H3,(H3,26,27,28,29)/t18-/m1/s1. The molecule has 0 aliphatic carbocycles. The van der Waals surface area contributed by atoms with Crippen molar-refractivity contribution in [1.29, 1.82) is 5.41 Å². The molecule has 1 atom stereocenters. The lowest BCUT2D eigenvalue weighted by atomic mass is 10.0. The van der Waals surface area contributed by atoms with Crippen molar-refractivity contribution in [2.24, 2.45) is 0 Å². The number of nitrogens with two attached hydrogens (primary N) is 1. The molecular formula is C22H32F2N6. The van der Waals surface area contributed by atoms with Gasteiger partial charge in [0.25, 0.3) is 5.92 Å². The Morgan fingerprint density at radius 2 is 1.93 bits per heavy atom. The fourth-order valence-electron chi connectivity index (χ4n) is 3.41. The lowest BCUT2D eigenvalue weighted by molar-refractivity contribution is -0.0323. The van der Waals surface area contributed by atoms with Gasteiger partial charge in [0.1, 0.15) is 18.0 Å². The summed E-state index contributed by atoms with van der Waals surface area (Å²) in [6.07, 6.45) is 5.95. The number of nitrogens with zero attached hydrogens (tertiary/aromatic N) is 3. The Kier molecular flexibility index (Phi) is 8.65. The van der Waals surface area contributed by atoms with Gasteiger partial charge in [-0.25, -0.2) is 9.97 Å². The van der Waals surface area contributed by atoms with Crippen LogP contribution in [-0.4, -0.2) is 47.3 Å². The zero-order valence-corrected chi connectivity index (χ0v) is 18.0. The SMILES string of the molecule is CCC[C@H](CCCN(C)CC(F)(F)c1ccc(C)cc1)Nc1ncnc(N)c1C=N. The molecule has 0 amide bonds. The number of nitrogen functional groups attached to an aromatic ring is 1. The quantitative estimate of drug-likeness (QED) is 0.443. The summed E-state index contributed by atoms with van der Waals surface area (Å²) in [6.45, 7) is 4.22. The fourth-order valence-corrected chi connectivity index (χ4v) is 3.41. The van der Waals surface area contributed by atoms with Gasteiger partial charge in [0.2, 0.25) is 0 Å². The highest BCUT2D eigenvalue weighted by atomic mass is 19.3. The van der Waals surface area contributed by atoms with Crippen LogP contribution in [0.4, 0.5) is 20.4 Å². The zero-order chi connectivity index (χ0) is 22.1. The Labute approximate surface area is 177 Å². The Hall–Kier alpha value is -2.61. The van der Waals surface area contributed by atoms with Crippen LogP contribution in [0.5, 0.6) is 0 Å². The van der Waals surface area contributed by atoms with Crippen molar-refractivity contribution in [2.75, 3.05) is 31.2 Å². The number of anilines is 2. The van der Waals surface area contributed by atoms with Crippen molar-refractivity contribution in [3.05, 3.63) is 47.3 Å². The van der Waals surface area contributed by atoms with Crippen molar-refractivity contribution < 1.29 is 8.78 Å². The molecule has 0 fully saturated rings. The largest absolute Gasteiger partial charge is 0.383 e. The molecule has 0 unspecified atom stereocenters. The van der Waals surface area contributed by atoms with E-state index in [4.69, 9.17) is 11.1 Å². The summed E-state index contributed by atoms with van der Waals surface area (Å²) in [5.41, 5.74) is 7.30. The topological polar surface area (TPSA) is 90.9 Å². The second-order valence-corrected chi connectivity index (χ2v) is 7.75. The van der Waals surface area contributed by atoms with Crippen LogP contribution < -0.4 is 11.1 Å². The highest BCUT2D eigenvalue weighted by Crippen LogP contribution is 2.29. The number of aryl methyl sites for hydroxylation is 1. The van der Waals surface area contributed by atoms with Gasteiger partial charge >= 0.3 is 0 Å². The van der Waals surface area contributed by atoms with E-state index < -0.39 is 5.92 Å². The van der Waals surface area contributed by atoms with Gasteiger partial charge in [0.05, 0.1) is 12.1 Å². The molecule has 30 heavy (non-hydrogen) atoms. The van der Waals surface area contributed by atoms with E-state index in [9.17, 15) is 8.78 Å². The first-order valence-corrected chi connectivity index (χ1v) is 10.3. The van der Waals surface area contributed by atoms with Crippen LogP contribution in [-0.2, 0) is 5.92 Å². The van der Waals surface area contributed by atoms with E-state index in [0.29, 0.717) is 17.9 Å². The Bertz CT molecular complexity index is 810. The summed E-state index contributed by atoms with van der Waals surface area (Å²) in [7, 11) is 1.72. The molecule has 0 aliphatic rings. The molecule has 0 aliphatic heterocycles. The molecule has 8 heteroatoms. The molecule has 0 radical (unpaired) electrons. The lowest BCUT2D eigenvalue weighted by Gasteiger charge is -2.25. The average molecular weight is 419 g/mol. The molecule has 0 bridgehead atoms.